The van der Waals surface area contributed by atoms with Gasteiger partial charge in [0.1, 0.15) is 5.75 Å². The summed E-state index contributed by atoms with van der Waals surface area (Å²) in [6, 6.07) is 6.05. The van der Waals surface area contributed by atoms with Crippen LogP contribution in [0, 0.1) is 0 Å². The number of anilines is 1. The van der Waals surface area contributed by atoms with Gasteiger partial charge in [-0.3, -0.25) is 4.79 Å². The lowest BCUT2D eigenvalue weighted by Crippen LogP contribution is -2.35. The van der Waals surface area contributed by atoms with E-state index in [-0.39, 0.29) is 25.2 Å². The van der Waals surface area contributed by atoms with Crippen LogP contribution in [0.15, 0.2) is 18.2 Å². The number of carbonyl (C=O) groups is 1. The molecule has 2 N–H and O–H groups in total. The van der Waals surface area contributed by atoms with E-state index in [0.717, 1.165) is 29.8 Å². The van der Waals surface area contributed by atoms with Crippen LogP contribution in [0.4, 0.5) is 5.69 Å². The maximum Gasteiger partial charge on any atom is 0.264 e. The maximum atomic E-state index is 11.6. The number of rotatable bonds is 5. The van der Waals surface area contributed by atoms with Crippen molar-refractivity contribution in [3.05, 3.63) is 23.8 Å². The number of amides is 1. The van der Waals surface area contributed by atoms with E-state index in [1.54, 1.807) is 11.9 Å². The van der Waals surface area contributed by atoms with Crippen LogP contribution in [0.5, 0.6) is 5.75 Å². The fourth-order valence-electron chi connectivity index (χ4n) is 2.28. The van der Waals surface area contributed by atoms with Gasteiger partial charge in [-0.05, 0) is 37.6 Å². The predicted octanol–water partition coefficient (Wildman–Crippen LogP) is 1.07. The second kappa shape index (κ2) is 6.04. The van der Waals surface area contributed by atoms with Crippen molar-refractivity contribution in [2.24, 2.45) is 0 Å². The minimum atomic E-state index is -0.0407. The molecule has 1 heterocycles. The standard InChI is InChI=1S/C14H20N2O3/c1-15-11(4-3-7-17)10-5-6-13-12(8-10)16(2)14(18)9-19-13/h5-6,8,11,15,17H,3-4,7,9H2,1-2H3. The summed E-state index contributed by atoms with van der Waals surface area (Å²) in [5.41, 5.74) is 1.90. The molecule has 0 saturated heterocycles. The van der Waals surface area contributed by atoms with Crippen molar-refractivity contribution in [3.63, 3.8) is 0 Å². The fourth-order valence-corrected chi connectivity index (χ4v) is 2.28. The van der Waals surface area contributed by atoms with Gasteiger partial charge in [-0.2, -0.15) is 0 Å². The lowest BCUT2D eigenvalue weighted by atomic mass is 10.0. The summed E-state index contributed by atoms with van der Waals surface area (Å²) in [7, 11) is 3.66. The molecule has 5 heteroatoms. The molecular weight excluding hydrogens is 244 g/mol. The Hall–Kier alpha value is -1.59. The molecule has 0 bridgehead atoms. The van der Waals surface area contributed by atoms with E-state index >= 15 is 0 Å². The minimum absolute atomic E-state index is 0.0407. The molecule has 0 saturated carbocycles. The number of nitrogens with one attached hydrogen (secondary N) is 1. The Balaban J connectivity index is 2.26. The third-order valence-corrected chi connectivity index (χ3v) is 3.47. The predicted molar refractivity (Wildman–Crippen MR) is 73.5 cm³/mol. The molecule has 1 unspecified atom stereocenters. The van der Waals surface area contributed by atoms with Crippen molar-refractivity contribution in [2.45, 2.75) is 18.9 Å². The number of carbonyl (C=O) groups excluding carboxylic acids is 1. The monoisotopic (exact) mass is 264 g/mol. The van der Waals surface area contributed by atoms with E-state index in [1.807, 2.05) is 25.2 Å². The van der Waals surface area contributed by atoms with Crippen LogP contribution in [-0.2, 0) is 4.79 Å². The van der Waals surface area contributed by atoms with Gasteiger partial charge in [-0.15, -0.1) is 0 Å². The number of hydrogen-bond acceptors (Lipinski definition) is 4. The normalized spacial score (nSPS) is 15.9. The first kappa shape index (κ1) is 13.8. The number of nitrogens with zero attached hydrogens (tertiary/aromatic N) is 1. The van der Waals surface area contributed by atoms with E-state index in [4.69, 9.17) is 9.84 Å². The second-order valence-corrected chi connectivity index (χ2v) is 4.68. The van der Waals surface area contributed by atoms with E-state index in [9.17, 15) is 4.79 Å². The summed E-state index contributed by atoms with van der Waals surface area (Å²) >= 11 is 0. The minimum Gasteiger partial charge on any atom is -0.482 e. The third-order valence-electron chi connectivity index (χ3n) is 3.47. The number of fused-ring (bicyclic) bond motifs is 1. The molecule has 1 amide bonds. The van der Waals surface area contributed by atoms with Gasteiger partial charge in [0.05, 0.1) is 5.69 Å². The van der Waals surface area contributed by atoms with Gasteiger partial charge in [0, 0.05) is 19.7 Å². The molecule has 1 atom stereocenters. The molecule has 1 aromatic carbocycles. The Labute approximate surface area is 113 Å². The molecule has 0 spiro atoms. The molecule has 5 nitrogen and oxygen atoms in total. The first-order valence-corrected chi connectivity index (χ1v) is 6.48. The largest absolute Gasteiger partial charge is 0.482 e. The molecule has 1 aliphatic rings. The molecule has 1 aliphatic heterocycles. The lowest BCUT2D eigenvalue weighted by Gasteiger charge is -2.27. The van der Waals surface area contributed by atoms with E-state index < -0.39 is 0 Å². The van der Waals surface area contributed by atoms with Gasteiger partial charge < -0.3 is 20.1 Å². The van der Waals surface area contributed by atoms with Crippen LogP contribution in [0.3, 0.4) is 0 Å². The summed E-state index contributed by atoms with van der Waals surface area (Å²) in [6.07, 6.45) is 1.60. The van der Waals surface area contributed by atoms with Crippen molar-refractivity contribution in [2.75, 3.05) is 32.2 Å². The lowest BCUT2D eigenvalue weighted by molar-refractivity contribution is -0.120. The van der Waals surface area contributed by atoms with Gasteiger partial charge in [-0.25, -0.2) is 0 Å². The van der Waals surface area contributed by atoms with Crippen molar-refractivity contribution in [3.8, 4) is 5.75 Å². The summed E-state index contributed by atoms with van der Waals surface area (Å²) in [4.78, 5) is 13.3. The molecule has 1 aromatic rings. The zero-order chi connectivity index (χ0) is 13.8. The quantitative estimate of drug-likeness (QED) is 0.835. The number of hydrogen-bond donors (Lipinski definition) is 2. The highest BCUT2D eigenvalue weighted by molar-refractivity contribution is 5.97. The number of aliphatic hydroxyl groups is 1. The van der Waals surface area contributed by atoms with Crippen molar-refractivity contribution >= 4 is 11.6 Å². The Morgan fingerprint density at radius 3 is 3.00 bits per heavy atom. The number of likely N-dealkylation sites (N-methyl/N-ethyl adjacent to an activating group) is 1. The number of aliphatic hydroxyl groups excluding tert-OH is 1. The zero-order valence-corrected chi connectivity index (χ0v) is 11.3. The first-order chi connectivity index (χ1) is 9.17. The smallest absolute Gasteiger partial charge is 0.264 e. The van der Waals surface area contributed by atoms with E-state index in [0.29, 0.717) is 0 Å². The van der Waals surface area contributed by atoms with Crippen LogP contribution >= 0.6 is 0 Å². The van der Waals surface area contributed by atoms with Crippen molar-refractivity contribution in [1.82, 2.24) is 5.32 Å². The average Bonchev–Trinajstić information content (AvgIpc) is 2.44. The molecule has 2 rings (SSSR count). The van der Waals surface area contributed by atoms with E-state index in [2.05, 4.69) is 5.32 Å². The number of benzene rings is 1. The second-order valence-electron chi connectivity index (χ2n) is 4.68. The Morgan fingerprint density at radius 2 is 2.32 bits per heavy atom. The third kappa shape index (κ3) is 2.88. The maximum absolute atomic E-state index is 11.6. The molecular formula is C14H20N2O3. The SMILES string of the molecule is CNC(CCCO)c1ccc2c(c1)N(C)C(=O)CO2. The summed E-state index contributed by atoms with van der Waals surface area (Å²) in [5, 5.41) is 12.2. The van der Waals surface area contributed by atoms with Crippen molar-refractivity contribution in [1.29, 1.82) is 0 Å². The molecule has 19 heavy (non-hydrogen) atoms. The summed E-state index contributed by atoms with van der Waals surface area (Å²) < 4.78 is 5.40. The van der Waals surface area contributed by atoms with Crippen LogP contribution < -0.4 is 15.0 Å². The average molecular weight is 264 g/mol. The highest BCUT2D eigenvalue weighted by atomic mass is 16.5. The van der Waals surface area contributed by atoms with Gasteiger partial charge in [0.25, 0.3) is 5.91 Å². The van der Waals surface area contributed by atoms with Crippen LogP contribution in [-0.4, -0.2) is 38.3 Å². The van der Waals surface area contributed by atoms with Gasteiger partial charge in [0.15, 0.2) is 6.61 Å². The molecule has 0 aromatic heterocycles. The summed E-state index contributed by atoms with van der Waals surface area (Å²) in [5.74, 6) is 0.698. The van der Waals surface area contributed by atoms with E-state index in [1.165, 1.54) is 0 Å². The van der Waals surface area contributed by atoms with Crippen LogP contribution in [0.25, 0.3) is 0 Å². The molecule has 104 valence electrons. The molecule has 0 aliphatic carbocycles. The molecule has 0 fully saturated rings. The topological polar surface area (TPSA) is 61.8 Å². The highest BCUT2D eigenvalue weighted by Gasteiger charge is 2.23. The number of ether oxygens (including phenoxy) is 1. The Bertz CT molecular complexity index is 462. The van der Waals surface area contributed by atoms with Crippen molar-refractivity contribution < 1.29 is 14.6 Å². The van der Waals surface area contributed by atoms with Gasteiger partial charge >= 0.3 is 0 Å². The van der Waals surface area contributed by atoms with Gasteiger partial charge in [0.2, 0.25) is 0 Å². The summed E-state index contributed by atoms with van der Waals surface area (Å²) in [6.45, 7) is 0.285. The van der Waals surface area contributed by atoms with Gasteiger partial charge in [-0.1, -0.05) is 6.07 Å². The molecule has 0 radical (unpaired) electrons. The Kier molecular flexibility index (Phi) is 4.39. The highest BCUT2D eigenvalue weighted by Crippen LogP contribution is 2.34. The zero-order valence-electron chi connectivity index (χ0n) is 11.3. The van der Waals surface area contributed by atoms with Crippen LogP contribution in [0.1, 0.15) is 24.4 Å². The van der Waals surface area contributed by atoms with Crippen LogP contribution in [0.2, 0.25) is 0 Å². The Morgan fingerprint density at radius 1 is 1.53 bits per heavy atom. The fraction of sp³-hybridized carbons (Fsp3) is 0.500. The first-order valence-electron chi connectivity index (χ1n) is 6.48.